The van der Waals surface area contributed by atoms with E-state index in [4.69, 9.17) is 16.3 Å². The largest absolute Gasteiger partial charge is 0.452 e. The maximum absolute atomic E-state index is 12.5. The van der Waals surface area contributed by atoms with Gasteiger partial charge in [0.2, 0.25) is 0 Å². The molecule has 0 unspecified atom stereocenters. The van der Waals surface area contributed by atoms with Crippen LogP contribution in [0, 0.1) is 13.8 Å². The third kappa shape index (κ3) is 4.26. The van der Waals surface area contributed by atoms with Gasteiger partial charge in [-0.2, -0.15) is 5.10 Å². The number of halogens is 1. The number of esters is 1. The molecule has 0 bridgehead atoms. The Bertz CT molecular complexity index is 998. The fraction of sp³-hybridized carbons (Fsp3) is 0.250. The number of carbonyl (C=O) groups is 2. The van der Waals surface area contributed by atoms with Crippen LogP contribution in [-0.2, 0) is 16.1 Å². The summed E-state index contributed by atoms with van der Waals surface area (Å²) in [5, 5.41) is 6.45. The van der Waals surface area contributed by atoms with Crippen molar-refractivity contribution in [1.82, 2.24) is 14.7 Å². The first kappa shape index (κ1) is 20.1. The second-order valence-electron chi connectivity index (χ2n) is 6.35. The van der Waals surface area contributed by atoms with Crippen LogP contribution in [-0.4, -0.2) is 40.2 Å². The Balaban J connectivity index is 1.66. The zero-order valence-corrected chi connectivity index (χ0v) is 17.4. The molecule has 0 aliphatic heterocycles. The van der Waals surface area contributed by atoms with E-state index in [1.54, 1.807) is 25.3 Å². The first-order valence-electron chi connectivity index (χ1n) is 8.63. The lowest BCUT2D eigenvalue weighted by Crippen LogP contribution is -2.30. The Labute approximate surface area is 172 Å². The minimum Gasteiger partial charge on any atom is -0.452 e. The first-order chi connectivity index (χ1) is 13.4. The Morgan fingerprint density at radius 1 is 1.21 bits per heavy atom. The normalized spacial score (nSPS) is 10.7. The topological polar surface area (TPSA) is 64.4 Å². The van der Waals surface area contributed by atoms with Crippen molar-refractivity contribution >= 4 is 34.8 Å². The molecule has 0 spiro atoms. The molecule has 0 aliphatic rings. The van der Waals surface area contributed by atoms with Crippen molar-refractivity contribution in [3.8, 4) is 5.69 Å². The lowest BCUT2D eigenvalue weighted by atomic mass is 10.2. The lowest BCUT2D eigenvalue weighted by Gasteiger charge is -2.16. The molecule has 0 N–H and O–H groups in total. The zero-order valence-electron chi connectivity index (χ0n) is 15.8. The smallest absolute Gasteiger partial charge is 0.343 e. The Morgan fingerprint density at radius 3 is 2.57 bits per heavy atom. The fourth-order valence-corrected chi connectivity index (χ4v) is 3.96. The summed E-state index contributed by atoms with van der Waals surface area (Å²) in [5.41, 5.74) is 2.47. The third-order valence-corrected chi connectivity index (χ3v) is 5.67. The summed E-state index contributed by atoms with van der Waals surface area (Å²) in [6.07, 6.45) is 0. The predicted octanol–water partition coefficient (Wildman–Crippen LogP) is 4.02. The molecule has 1 aromatic carbocycles. The maximum atomic E-state index is 12.5. The second-order valence-corrected chi connectivity index (χ2v) is 7.71. The SMILES string of the molecule is Cc1ccsc1CN(C)C(=O)COC(=O)c1c(C)nn(-c2ccccc2)c1Cl. The molecule has 8 heteroatoms. The highest BCUT2D eigenvalue weighted by Crippen LogP contribution is 2.24. The van der Waals surface area contributed by atoms with Crippen molar-refractivity contribution in [2.45, 2.75) is 20.4 Å². The van der Waals surface area contributed by atoms with Crippen LogP contribution in [0.1, 0.15) is 26.5 Å². The lowest BCUT2D eigenvalue weighted by molar-refractivity contribution is -0.133. The monoisotopic (exact) mass is 417 g/mol. The number of aryl methyl sites for hydroxylation is 2. The highest BCUT2D eigenvalue weighted by molar-refractivity contribution is 7.10. The molecule has 146 valence electrons. The van der Waals surface area contributed by atoms with Gasteiger partial charge in [0.05, 0.1) is 17.9 Å². The third-order valence-electron chi connectivity index (χ3n) is 4.31. The van der Waals surface area contributed by atoms with Crippen LogP contribution in [0.25, 0.3) is 5.69 Å². The number of rotatable bonds is 6. The molecular formula is C20H20ClN3O3S. The minimum atomic E-state index is -0.668. The van der Waals surface area contributed by atoms with Crippen LogP contribution in [0.4, 0.5) is 0 Å². The predicted molar refractivity (Wildman–Crippen MR) is 109 cm³/mol. The minimum absolute atomic E-state index is 0.156. The van der Waals surface area contributed by atoms with E-state index in [0.717, 1.165) is 16.1 Å². The highest BCUT2D eigenvalue weighted by atomic mass is 35.5. The summed E-state index contributed by atoms with van der Waals surface area (Å²) in [5.74, 6) is -0.955. The van der Waals surface area contributed by atoms with E-state index in [9.17, 15) is 9.59 Å². The molecule has 1 amide bonds. The summed E-state index contributed by atoms with van der Waals surface area (Å²) < 4.78 is 6.68. The number of aromatic nitrogens is 2. The number of para-hydroxylation sites is 1. The van der Waals surface area contributed by atoms with Gasteiger partial charge in [-0.15, -0.1) is 11.3 Å². The van der Waals surface area contributed by atoms with E-state index < -0.39 is 5.97 Å². The molecule has 6 nitrogen and oxygen atoms in total. The van der Waals surface area contributed by atoms with Crippen molar-refractivity contribution < 1.29 is 14.3 Å². The van der Waals surface area contributed by atoms with E-state index in [2.05, 4.69) is 5.10 Å². The van der Waals surface area contributed by atoms with Crippen molar-refractivity contribution in [3.63, 3.8) is 0 Å². The van der Waals surface area contributed by atoms with Crippen LogP contribution >= 0.6 is 22.9 Å². The summed E-state index contributed by atoms with van der Waals surface area (Å²) in [7, 11) is 1.68. The Morgan fingerprint density at radius 2 is 1.93 bits per heavy atom. The highest BCUT2D eigenvalue weighted by Gasteiger charge is 2.23. The molecule has 0 aliphatic carbocycles. The molecular weight excluding hydrogens is 398 g/mol. The van der Waals surface area contributed by atoms with E-state index in [1.165, 1.54) is 9.58 Å². The van der Waals surface area contributed by atoms with Crippen molar-refractivity contribution in [1.29, 1.82) is 0 Å². The van der Waals surface area contributed by atoms with Crippen LogP contribution in [0.2, 0.25) is 5.15 Å². The molecule has 0 saturated carbocycles. The van der Waals surface area contributed by atoms with Gasteiger partial charge < -0.3 is 9.64 Å². The Kier molecular flexibility index (Phi) is 6.16. The number of likely N-dealkylation sites (N-methyl/N-ethyl adjacent to an activating group) is 1. The molecule has 0 saturated heterocycles. The molecule has 0 radical (unpaired) electrons. The molecule has 2 aromatic heterocycles. The van der Waals surface area contributed by atoms with E-state index >= 15 is 0 Å². The molecule has 0 atom stereocenters. The van der Waals surface area contributed by atoms with Crippen molar-refractivity contribution in [2.24, 2.45) is 0 Å². The molecule has 28 heavy (non-hydrogen) atoms. The standard InChI is InChI=1S/C20H20ClN3O3S/c1-13-9-10-28-16(13)11-23(3)17(25)12-27-20(26)18-14(2)22-24(19(18)21)15-7-5-4-6-8-15/h4-10H,11-12H2,1-3H3. The molecule has 2 heterocycles. The van der Waals surface area contributed by atoms with Crippen LogP contribution < -0.4 is 0 Å². The van der Waals surface area contributed by atoms with Crippen LogP contribution in [0.5, 0.6) is 0 Å². The van der Waals surface area contributed by atoms with E-state index in [-0.39, 0.29) is 23.2 Å². The number of benzene rings is 1. The summed E-state index contributed by atoms with van der Waals surface area (Å²) in [6, 6.07) is 11.3. The zero-order chi connectivity index (χ0) is 20.3. The molecule has 0 fully saturated rings. The number of amides is 1. The van der Waals surface area contributed by atoms with Gasteiger partial charge in [0, 0.05) is 11.9 Å². The van der Waals surface area contributed by atoms with E-state index in [1.807, 2.05) is 48.7 Å². The maximum Gasteiger partial charge on any atom is 0.343 e. The number of thiophene rings is 1. The van der Waals surface area contributed by atoms with E-state index in [0.29, 0.717) is 12.2 Å². The average molecular weight is 418 g/mol. The molecule has 3 aromatic rings. The molecule has 3 rings (SSSR count). The van der Waals surface area contributed by atoms with Gasteiger partial charge in [0.15, 0.2) is 6.61 Å². The second kappa shape index (κ2) is 8.58. The van der Waals surface area contributed by atoms with Crippen LogP contribution in [0.3, 0.4) is 0 Å². The van der Waals surface area contributed by atoms with Gasteiger partial charge in [0.25, 0.3) is 5.91 Å². The fourth-order valence-electron chi connectivity index (χ4n) is 2.65. The summed E-state index contributed by atoms with van der Waals surface area (Å²) in [4.78, 5) is 27.5. The number of ether oxygens (including phenoxy) is 1. The van der Waals surface area contributed by atoms with Gasteiger partial charge in [-0.05, 0) is 43.0 Å². The average Bonchev–Trinajstić information content (AvgIpc) is 3.22. The van der Waals surface area contributed by atoms with Gasteiger partial charge >= 0.3 is 5.97 Å². The van der Waals surface area contributed by atoms with Gasteiger partial charge in [0.1, 0.15) is 10.7 Å². The Hall–Kier alpha value is -2.64. The summed E-state index contributed by atoms with van der Waals surface area (Å²) in [6.45, 7) is 3.80. The summed E-state index contributed by atoms with van der Waals surface area (Å²) >= 11 is 7.95. The van der Waals surface area contributed by atoms with Crippen molar-refractivity contribution in [2.75, 3.05) is 13.7 Å². The number of hydrogen-bond acceptors (Lipinski definition) is 5. The first-order valence-corrected chi connectivity index (χ1v) is 9.89. The number of nitrogens with zero attached hydrogens (tertiary/aromatic N) is 3. The number of carbonyl (C=O) groups excluding carboxylic acids is 2. The quantitative estimate of drug-likeness (QED) is 0.568. The van der Waals surface area contributed by atoms with Gasteiger partial charge in [-0.3, -0.25) is 4.79 Å². The van der Waals surface area contributed by atoms with Crippen molar-refractivity contribution in [3.05, 3.63) is 68.6 Å². The van der Waals surface area contributed by atoms with Crippen LogP contribution in [0.15, 0.2) is 41.8 Å². The van der Waals surface area contributed by atoms with Gasteiger partial charge in [-0.1, -0.05) is 29.8 Å². The van der Waals surface area contributed by atoms with Gasteiger partial charge in [-0.25, -0.2) is 9.48 Å². The number of hydrogen-bond donors (Lipinski definition) is 0.